The van der Waals surface area contributed by atoms with E-state index < -0.39 is 0 Å². The Morgan fingerprint density at radius 1 is 1.16 bits per heavy atom. The lowest BCUT2D eigenvalue weighted by atomic mass is 10.0. The zero-order chi connectivity index (χ0) is 22.0. The number of pyridine rings is 1. The molecule has 0 N–H and O–H groups in total. The fourth-order valence-electron chi connectivity index (χ4n) is 3.39. The molecule has 0 saturated heterocycles. The van der Waals surface area contributed by atoms with Crippen LogP contribution in [-0.4, -0.2) is 23.0 Å². The van der Waals surface area contributed by atoms with Gasteiger partial charge in [0, 0.05) is 6.20 Å². The van der Waals surface area contributed by atoms with Crippen molar-refractivity contribution in [2.75, 3.05) is 12.0 Å². The standard InChI is InChI=1S/C24H22ClN3O2S/c1-15-7-8-16(2)17(12-15)13-21(29)28(14-18-6-4-5-11-26-18)24-27-22-20(30-3)10-9-19(25)23(22)31-24/h4-12H,13-14H2,1-3H3. The molecule has 2 aromatic carbocycles. The minimum atomic E-state index is -0.0477. The highest BCUT2D eigenvalue weighted by Crippen LogP contribution is 2.39. The molecule has 7 heteroatoms. The molecule has 0 atom stereocenters. The van der Waals surface area contributed by atoms with Crippen molar-refractivity contribution in [3.63, 3.8) is 0 Å². The molecule has 0 radical (unpaired) electrons. The van der Waals surface area contributed by atoms with Crippen LogP contribution < -0.4 is 9.64 Å². The molecule has 0 saturated carbocycles. The van der Waals surface area contributed by atoms with Gasteiger partial charge in [-0.3, -0.25) is 14.7 Å². The number of anilines is 1. The van der Waals surface area contributed by atoms with Crippen LogP contribution in [0.3, 0.4) is 0 Å². The summed E-state index contributed by atoms with van der Waals surface area (Å²) in [6, 6.07) is 15.4. The van der Waals surface area contributed by atoms with Crippen molar-refractivity contribution in [2.45, 2.75) is 26.8 Å². The number of methoxy groups -OCH3 is 1. The number of aryl methyl sites for hydroxylation is 2. The summed E-state index contributed by atoms with van der Waals surface area (Å²) in [5.41, 5.74) is 4.66. The number of thiazole rings is 1. The van der Waals surface area contributed by atoms with Crippen LogP contribution in [0.5, 0.6) is 5.75 Å². The molecule has 31 heavy (non-hydrogen) atoms. The van der Waals surface area contributed by atoms with Crippen LogP contribution in [0.15, 0.2) is 54.7 Å². The number of amides is 1. The molecule has 4 aromatic rings. The third-order valence-electron chi connectivity index (χ3n) is 5.09. The zero-order valence-corrected chi connectivity index (χ0v) is 19.1. The number of aromatic nitrogens is 2. The van der Waals surface area contributed by atoms with Gasteiger partial charge < -0.3 is 4.74 Å². The molecule has 1 amide bonds. The Morgan fingerprint density at radius 3 is 2.74 bits per heavy atom. The van der Waals surface area contributed by atoms with Gasteiger partial charge in [0.05, 0.1) is 35.5 Å². The van der Waals surface area contributed by atoms with E-state index >= 15 is 0 Å². The zero-order valence-electron chi connectivity index (χ0n) is 17.6. The largest absolute Gasteiger partial charge is 0.494 e. The summed E-state index contributed by atoms with van der Waals surface area (Å²) in [4.78, 5) is 24.3. The fraction of sp³-hybridized carbons (Fsp3) is 0.208. The van der Waals surface area contributed by atoms with Crippen molar-refractivity contribution in [1.29, 1.82) is 0 Å². The van der Waals surface area contributed by atoms with Gasteiger partial charge in [0.2, 0.25) is 5.91 Å². The van der Waals surface area contributed by atoms with Gasteiger partial charge in [-0.05, 0) is 49.2 Å². The number of hydrogen-bond acceptors (Lipinski definition) is 5. The highest BCUT2D eigenvalue weighted by atomic mass is 35.5. The molecule has 0 aliphatic rings. The lowest BCUT2D eigenvalue weighted by molar-refractivity contribution is -0.118. The third-order valence-corrected chi connectivity index (χ3v) is 6.63. The second-order valence-electron chi connectivity index (χ2n) is 7.33. The van der Waals surface area contributed by atoms with E-state index in [0.29, 0.717) is 28.0 Å². The molecule has 0 aliphatic heterocycles. The maximum Gasteiger partial charge on any atom is 0.233 e. The van der Waals surface area contributed by atoms with Crippen LogP contribution in [-0.2, 0) is 17.8 Å². The number of benzene rings is 2. The molecule has 2 aromatic heterocycles. The molecular formula is C24H22ClN3O2S. The number of hydrogen-bond donors (Lipinski definition) is 0. The van der Waals surface area contributed by atoms with Crippen LogP contribution in [0.25, 0.3) is 10.2 Å². The highest BCUT2D eigenvalue weighted by Gasteiger charge is 2.23. The number of carbonyl (C=O) groups is 1. The minimum absolute atomic E-state index is 0.0477. The topological polar surface area (TPSA) is 55.3 Å². The fourth-order valence-corrected chi connectivity index (χ4v) is 4.66. The van der Waals surface area contributed by atoms with E-state index in [9.17, 15) is 4.79 Å². The average Bonchev–Trinajstić information content (AvgIpc) is 3.21. The smallest absolute Gasteiger partial charge is 0.233 e. The molecule has 5 nitrogen and oxygen atoms in total. The van der Waals surface area contributed by atoms with E-state index in [-0.39, 0.29) is 12.3 Å². The Hall–Kier alpha value is -2.96. The molecule has 0 fully saturated rings. The number of fused-ring (bicyclic) bond motifs is 1. The number of nitrogens with zero attached hydrogens (tertiary/aromatic N) is 3. The Bertz CT molecular complexity index is 1240. The summed E-state index contributed by atoms with van der Waals surface area (Å²) in [6.07, 6.45) is 2.00. The molecule has 4 rings (SSSR count). The lowest BCUT2D eigenvalue weighted by Crippen LogP contribution is -2.32. The molecule has 2 heterocycles. The third kappa shape index (κ3) is 4.55. The lowest BCUT2D eigenvalue weighted by Gasteiger charge is -2.20. The van der Waals surface area contributed by atoms with Gasteiger partial charge in [0.1, 0.15) is 11.3 Å². The van der Waals surface area contributed by atoms with Crippen LogP contribution in [0.4, 0.5) is 5.13 Å². The second kappa shape index (κ2) is 9.04. The van der Waals surface area contributed by atoms with E-state index in [1.165, 1.54) is 11.3 Å². The Kier molecular flexibility index (Phi) is 6.20. The summed E-state index contributed by atoms with van der Waals surface area (Å²) in [5, 5.41) is 1.15. The van der Waals surface area contributed by atoms with Gasteiger partial charge in [-0.1, -0.05) is 52.8 Å². The summed E-state index contributed by atoms with van der Waals surface area (Å²) in [6.45, 7) is 4.37. The van der Waals surface area contributed by atoms with Crippen LogP contribution >= 0.6 is 22.9 Å². The SMILES string of the molecule is COc1ccc(Cl)c2sc(N(Cc3ccccn3)C(=O)Cc3cc(C)ccc3C)nc12. The van der Waals surface area contributed by atoms with Crippen molar-refractivity contribution >= 4 is 44.2 Å². The first kappa shape index (κ1) is 21.3. The molecule has 0 aliphatic carbocycles. The predicted molar refractivity (Wildman–Crippen MR) is 126 cm³/mol. The van der Waals surface area contributed by atoms with Gasteiger partial charge in [-0.2, -0.15) is 0 Å². The minimum Gasteiger partial charge on any atom is -0.494 e. The van der Waals surface area contributed by atoms with Gasteiger partial charge in [-0.25, -0.2) is 4.98 Å². The quantitative estimate of drug-likeness (QED) is 0.374. The maximum absolute atomic E-state index is 13.5. The second-order valence-corrected chi connectivity index (χ2v) is 8.72. The summed E-state index contributed by atoms with van der Waals surface area (Å²) >= 11 is 7.79. The van der Waals surface area contributed by atoms with E-state index in [2.05, 4.69) is 17.1 Å². The maximum atomic E-state index is 13.5. The van der Waals surface area contributed by atoms with E-state index in [4.69, 9.17) is 21.3 Å². The van der Waals surface area contributed by atoms with Gasteiger partial charge >= 0.3 is 0 Å². The highest BCUT2D eigenvalue weighted by molar-refractivity contribution is 7.23. The number of rotatable bonds is 6. The van der Waals surface area contributed by atoms with Crippen molar-refractivity contribution in [3.8, 4) is 5.75 Å². The van der Waals surface area contributed by atoms with E-state index in [1.54, 1.807) is 30.3 Å². The van der Waals surface area contributed by atoms with E-state index in [0.717, 1.165) is 27.1 Å². The van der Waals surface area contributed by atoms with Crippen molar-refractivity contribution in [3.05, 3.63) is 82.1 Å². The Balaban J connectivity index is 1.76. The molecule has 0 bridgehead atoms. The molecule has 0 unspecified atom stereocenters. The van der Waals surface area contributed by atoms with Crippen molar-refractivity contribution < 1.29 is 9.53 Å². The molecule has 0 spiro atoms. The Morgan fingerprint density at radius 2 is 2.00 bits per heavy atom. The summed E-state index contributed by atoms with van der Waals surface area (Å²) in [7, 11) is 1.60. The van der Waals surface area contributed by atoms with Gasteiger partial charge in [0.25, 0.3) is 0 Å². The monoisotopic (exact) mass is 451 g/mol. The average molecular weight is 452 g/mol. The predicted octanol–water partition coefficient (Wildman–Crippen LogP) is 5.75. The summed E-state index contributed by atoms with van der Waals surface area (Å²) < 4.78 is 6.24. The van der Waals surface area contributed by atoms with E-state index in [1.807, 2.05) is 38.1 Å². The normalized spacial score (nSPS) is 11.0. The van der Waals surface area contributed by atoms with Crippen LogP contribution in [0.2, 0.25) is 5.02 Å². The molecule has 158 valence electrons. The van der Waals surface area contributed by atoms with Gasteiger partial charge in [-0.15, -0.1) is 0 Å². The van der Waals surface area contributed by atoms with Crippen molar-refractivity contribution in [1.82, 2.24) is 9.97 Å². The first-order valence-corrected chi connectivity index (χ1v) is 11.0. The number of carbonyl (C=O) groups excluding carboxylic acids is 1. The molecular weight excluding hydrogens is 430 g/mol. The number of halogens is 1. The van der Waals surface area contributed by atoms with Crippen LogP contribution in [0.1, 0.15) is 22.4 Å². The first-order valence-electron chi connectivity index (χ1n) is 9.85. The Labute approximate surface area is 190 Å². The van der Waals surface area contributed by atoms with Gasteiger partial charge in [0.15, 0.2) is 5.13 Å². The number of ether oxygens (including phenoxy) is 1. The summed E-state index contributed by atoms with van der Waals surface area (Å²) in [5.74, 6) is 0.579. The van der Waals surface area contributed by atoms with Crippen molar-refractivity contribution in [2.24, 2.45) is 0 Å². The van der Waals surface area contributed by atoms with Crippen LogP contribution in [0, 0.1) is 13.8 Å². The first-order chi connectivity index (χ1) is 15.0.